The lowest BCUT2D eigenvalue weighted by Crippen LogP contribution is -2.16. The van der Waals surface area contributed by atoms with Gasteiger partial charge in [-0.3, -0.25) is 4.79 Å². The fourth-order valence-corrected chi connectivity index (χ4v) is 3.90. The van der Waals surface area contributed by atoms with E-state index in [0.29, 0.717) is 11.4 Å². The van der Waals surface area contributed by atoms with Gasteiger partial charge in [0.25, 0.3) is 0 Å². The molecule has 0 saturated carbocycles. The Balaban J connectivity index is 2.12. The van der Waals surface area contributed by atoms with E-state index >= 15 is 0 Å². The van der Waals surface area contributed by atoms with E-state index in [1.54, 1.807) is 29.7 Å². The zero-order valence-electron chi connectivity index (χ0n) is 14.1. The molecule has 0 saturated heterocycles. The van der Waals surface area contributed by atoms with Crippen molar-refractivity contribution >= 4 is 27.2 Å². The second-order valence-electron chi connectivity index (χ2n) is 5.84. The van der Waals surface area contributed by atoms with E-state index in [2.05, 4.69) is 16.0 Å². The maximum absolute atomic E-state index is 13.2. The van der Waals surface area contributed by atoms with Crippen LogP contribution in [0, 0.1) is 0 Å². The molecule has 0 radical (unpaired) electrons. The molecule has 2 heterocycles. The molecule has 0 atom stereocenters. The van der Waals surface area contributed by atoms with E-state index < -0.39 is 0 Å². The quantitative estimate of drug-likeness (QED) is 0.643. The maximum atomic E-state index is 13.2. The molecule has 0 fully saturated rings. The monoisotopic (exact) mass is 340 g/mol. The molecule has 2 aromatic heterocycles. The van der Waals surface area contributed by atoms with Gasteiger partial charge in [-0.15, -0.1) is 11.3 Å². The minimum absolute atomic E-state index is 0.0221. The van der Waals surface area contributed by atoms with Gasteiger partial charge < -0.3 is 9.64 Å². The van der Waals surface area contributed by atoms with E-state index in [0.717, 1.165) is 33.5 Å². The molecule has 0 N–H and O–H groups in total. The molecule has 3 aromatic rings. The van der Waals surface area contributed by atoms with Crippen LogP contribution in [0.25, 0.3) is 10.1 Å². The van der Waals surface area contributed by atoms with Gasteiger partial charge >= 0.3 is 0 Å². The van der Waals surface area contributed by atoms with Crippen LogP contribution in [0.2, 0.25) is 0 Å². The SMILES string of the molecule is COc1ncccc1C(=O)c1c(CCN(C)C)sc2ccccc12. The summed E-state index contributed by atoms with van der Waals surface area (Å²) in [6, 6.07) is 11.6. The van der Waals surface area contributed by atoms with E-state index in [4.69, 9.17) is 4.74 Å². The van der Waals surface area contributed by atoms with Crippen molar-refractivity contribution in [2.45, 2.75) is 6.42 Å². The summed E-state index contributed by atoms with van der Waals surface area (Å²) in [6.45, 7) is 0.900. The fourth-order valence-electron chi connectivity index (χ4n) is 2.71. The number of ether oxygens (including phenoxy) is 1. The van der Waals surface area contributed by atoms with Crippen LogP contribution in [0.15, 0.2) is 42.6 Å². The highest BCUT2D eigenvalue weighted by Crippen LogP contribution is 2.34. The molecule has 0 aliphatic carbocycles. The van der Waals surface area contributed by atoms with Crippen LogP contribution < -0.4 is 4.74 Å². The Morgan fingerprint density at radius 3 is 2.75 bits per heavy atom. The van der Waals surface area contributed by atoms with Gasteiger partial charge in [0.2, 0.25) is 5.88 Å². The second kappa shape index (κ2) is 7.11. The number of fused-ring (bicyclic) bond motifs is 1. The summed E-state index contributed by atoms with van der Waals surface area (Å²) in [7, 11) is 5.62. The van der Waals surface area contributed by atoms with Crippen molar-refractivity contribution < 1.29 is 9.53 Å². The molecule has 124 valence electrons. The number of hydrogen-bond acceptors (Lipinski definition) is 5. The first-order valence-corrected chi connectivity index (χ1v) is 8.62. The Morgan fingerprint density at radius 1 is 1.21 bits per heavy atom. The molecule has 0 aliphatic rings. The molecule has 0 unspecified atom stereocenters. The Morgan fingerprint density at radius 2 is 2.00 bits per heavy atom. The summed E-state index contributed by atoms with van der Waals surface area (Å²) in [4.78, 5) is 20.6. The number of benzene rings is 1. The number of ketones is 1. The molecule has 5 heteroatoms. The van der Waals surface area contributed by atoms with Crippen molar-refractivity contribution in [1.29, 1.82) is 0 Å². The largest absolute Gasteiger partial charge is 0.480 e. The van der Waals surface area contributed by atoms with Gasteiger partial charge in [0.15, 0.2) is 5.78 Å². The zero-order chi connectivity index (χ0) is 17.1. The van der Waals surface area contributed by atoms with E-state index in [1.165, 1.54) is 7.11 Å². The Hall–Kier alpha value is -2.24. The van der Waals surface area contributed by atoms with Crippen LogP contribution in [-0.4, -0.2) is 43.4 Å². The lowest BCUT2D eigenvalue weighted by atomic mass is 10.00. The van der Waals surface area contributed by atoms with Crippen LogP contribution in [-0.2, 0) is 6.42 Å². The standard InChI is InChI=1S/C19H20N2O2S/c1-21(2)12-10-16-17(13-7-4-5-9-15(13)24-16)18(22)14-8-6-11-20-19(14)23-3/h4-9,11H,10,12H2,1-3H3. The second-order valence-corrected chi connectivity index (χ2v) is 6.98. The molecule has 0 spiro atoms. The number of thiophene rings is 1. The minimum atomic E-state index is -0.0221. The van der Waals surface area contributed by atoms with Gasteiger partial charge in [-0.2, -0.15) is 0 Å². The van der Waals surface area contributed by atoms with E-state index in [-0.39, 0.29) is 5.78 Å². The molecule has 1 aromatic carbocycles. The smallest absolute Gasteiger partial charge is 0.224 e. The van der Waals surface area contributed by atoms with Gasteiger partial charge in [-0.05, 0) is 38.7 Å². The summed E-state index contributed by atoms with van der Waals surface area (Å²) >= 11 is 1.69. The van der Waals surface area contributed by atoms with Gasteiger partial charge in [0.05, 0.1) is 12.7 Å². The first-order chi connectivity index (χ1) is 11.6. The highest BCUT2D eigenvalue weighted by molar-refractivity contribution is 7.19. The molecule has 0 bridgehead atoms. The highest BCUT2D eigenvalue weighted by atomic mass is 32.1. The predicted octanol–water partition coefficient (Wildman–Crippen LogP) is 3.64. The van der Waals surface area contributed by atoms with Crippen LogP contribution in [0.3, 0.4) is 0 Å². The summed E-state index contributed by atoms with van der Waals surface area (Å²) in [5.74, 6) is 0.350. The average Bonchev–Trinajstić information content (AvgIpc) is 2.97. The fraction of sp³-hybridized carbons (Fsp3) is 0.263. The predicted molar refractivity (Wildman–Crippen MR) is 98.3 cm³/mol. The van der Waals surface area contributed by atoms with Crippen molar-refractivity contribution in [3.63, 3.8) is 0 Å². The molecular formula is C19H20N2O2S. The van der Waals surface area contributed by atoms with Crippen LogP contribution in [0.1, 0.15) is 20.8 Å². The lowest BCUT2D eigenvalue weighted by molar-refractivity contribution is 0.103. The van der Waals surface area contributed by atoms with Crippen LogP contribution >= 0.6 is 11.3 Å². The van der Waals surface area contributed by atoms with Gasteiger partial charge in [-0.25, -0.2) is 4.98 Å². The number of likely N-dealkylation sites (N-methyl/N-ethyl adjacent to an activating group) is 1. The maximum Gasteiger partial charge on any atom is 0.224 e. The van der Waals surface area contributed by atoms with Crippen molar-refractivity contribution in [2.24, 2.45) is 0 Å². The topological polar surface area (TPSA) is 42.4 Å². The number of hydrogen-bond donors (Lipinski definition) is 0. The number of carbonyl (C=O) groups excluding carboxylic acids is 1. The number of rotatable bonds is 6. The third kappa shape index (κ3) is 3.18. The van der Waals surface area contributed by atoms with Gasteiger partial charge in [-0.1, -0.05) is 18.2 Å². The van der Waals surface area contributed by atoms with E-state index in [1.807, 2.05) is 32.3 Å². The molecular weight excluding hydrogens is 320 g/mol. The van der Waals surface area contributed by atoms with E-state index in [9.17, 15) is 4.79 Å². The number of methoxy groups -OCH3 is 1. The number of aromatic nitrogens is 1. The molecule has 24 heavy (non-hydrogen) atoms. The third-order valence-electron chi connectivity index (χ3n) is 3.89. The summed E-state index contributed by atoms with van der Waals surface area (Å²) in [6.07, 6.45) is 2.48. The zero-order valence-corrected chi connectivity index (χ0v) is 14.9. The molecule has 0 amide bonds. The molecule has 4 nitrogen and oxygen atoms in total. The number of pyridine rings is 1. The number of nitrogens with zero attached hydrogens (tertiary/aromatic N) is 2. The first-order valence-electron chi connectivity index (χ1n) is 7.80. The van der Waals surface area contributed by atoms with Crippen molar-refractivity contribution in [3.8, 4) is 5.88 Å². The minimum Gasteiger partial charge on any atom is -0.480 e. The van der Waals surface area contributed by atoms with Crippen LogP contribution in [0.4, 0.5) is 0 Å². The molecule has 0 aliphatic heterocycles. The van der Waals surface area contributed by atoms with Crippen molar-refractivity contribution in [2.75, 3.05) is 27.7 Å². The van der Waals surface area contributed by atoms with Gasteiger partial charge in [0, 0.05) is 33.3 Å². The summed E-state index contributed by atoms with van der Waals surface area (Å²) < 4.78 is 6.41. The lowest BCUT2D eigenvalue weighted by Gasteiger charge is -2.10. The third-order valence-corrected chi connectivity index (χ3v) is 5.12. The Kier molecular flexibility index (Phi) is 4.92. The average molecular weight is 340 g/mol. The van der Waals surface area contributed by atoms with Crippen molar-refractivity contribution in [3.05, 3.63) is 58.6 Å². The summed E-state index contributed by atoms with van der Waals surface area (Å²) in [5, 5.41) is 1.01. The van der Waals surface area contributed by atoms with Crippen LogP contribution in [0.5, 0.6) is 5.88 Å². The number of carbonyl (C=O) groups is 1. The van der Waals surface area contributed by atoms with Crippen molar-refractivity contribution in [1.82, 2.24) is 9.88 Å². The normalized spacial score (nSPS) is 11.2. The Bertz CT molecular complexity index is 871. The highest BCUT2D eigenvalue weighted by Gasteiger charge is 2.23. The molecule has 3 rings (SSSR count). The first kappa shape index (κ1) is 16.6. The summed E-state index contributed by atoms with van der Waals surface area (Å²) in [5.41, 5.74) is 1.29. The van der Waals surface area contributed by atoms with Gasteiger partial charge in [0.1, 0.15) is 0 Å². The Labute approximate surface area is 145 Å².